The summed E-state index contributed by atoms with van der Waals surface area (Å²) in [5, 5.41) is 24.1. The van der Waals surface area contributed by atoms with Crippen molar-refractivity contribution in [3.05, 3.63) is 109 Å². The molecular formula is C27H27N5O5. The number of nitro benzene ring substituents is 1. The van der Waals surface area contributed by atoms with Crippen molar-refractivity contribution in [2.24, 2.45) is 0 Å². The summed E-state index contributed by atoms with van der Waals surface area (Å²) in [5.74, 6) is 0.161. The van der Waals surface area contributed by atoms with Crippen LogP contribution >= 0.6 is 0 Å². The number of aromatic amines is 1. The molecule has 0 radical (unpaired) electrons. The maximum Gasteiger partial charge on any atom is 0.269 e. The van der Waals surface area contributed by atoms with Crippen molar-refractivity contribution >= 4 is 28.2 Å². The monoisotopic (exact) mass is 501 g/mol. The van der Waals surface area contributed by atoms with Crippen LogP contribution in [-0.2, 0) is 6.54 Å². The van der Waals surface area contributed by atoms with Gasteiger partial charge in [-0.05, 0) is 66.9 Å². The first-order valence-corrected chi connectivity index (χ1v) is 11.6. The van der Waals surface area contributed by atoms with Gasteiger partial charge in [-0.3, -0.25) is 19.7 Å². The van der Waals surface area contributed by atoms with Crippen LogP contribution in [0.5, 0.6) is 0 Å². The Morgan fingerprint density at radius 2 is 1.89 bits per heavy atom. The molecule has 1 atom stereocenters. The number of carbonyl (C=O) groups excluding carboxylic acids is 1. The largest absolute Gasteiger partial charge is 0.394 e. The van der Waals surface area contributed by atoms with Gasteiger partial charge in [0.15, 0.2) is 0 Å². The molecule has 1 amide bonds. The van der Waals surface area contributed by atoms with E-state index in [2.05, 4.69) is 15.3 Å². The van der Waals surface area contributed by atoms with Crippen molar-refractivity contribution in [3.63, 3.8) is 0 Å². The molecule has 0 aliphatic heterocycles. The van der Waals surface area contributed by atoms with Crippen LogP contribution in [0, 0.1) is 24.0 Å². The molecule has 0 fully saturated rings. The SMILES string of the molecule is Cc1nc2cc(C)c(CN(C)c3ccc(C(=O)NC(CO)c4cccc([N+](=O)[O-])c4)cc3)cc2c(=O)[nH]1. The summed E-state index contributed by atoms with van der Waals surface area (Å²) < 4.78 is 0. The lowest BCUT2D eigenvalue weighted by atomic mass is 10.0. The Hall–Kier alpha value is -4.57. The smallest absolute Gasteiger partial charge is 0.269 e. The minimum Gasteiger partial charge on any atom is -0.394 e. The van der Waals surface area contributed by atoms with E-state index in [1.54, 1.807) is 25.1 Å². The van der Waals surface area contributed by atoms with Crippen LogP contribution in [0.15, 0.2) is 65.5 Å². The number of nitrogens with one attached hydrogen (secondary N) is 2. The maximum absolute atomic E-state index is 12.8. The Morgan fingerprint density at radius 3 is 2.57 bits per heavy atom. The summed E-state index contributed by atoms with van der Waals surface area (Å²) in [7, 11) is 1.92. The highest BCUT2D eigenvalue weighted by Crippen LogP contribution is 2.22. The third kappa shape index (κ3) is 5.65. The first-order valence-electron chi connectivity index (χ1n) is 11.6. The van der Waals surface area contributed by atoms with Crippen LogP contribution < -0.4 is 15.8 Å². The molecule has 1 heterocycles. The fraction of sp³-hybridized carbons (Fsp3) is 0.222. The molecule has 4 rings (SSSR count). The molecule has 0 aliphatic rings. The molecule has 4 aromatic rings. The number of hydrogen-bond donors (Lipinski definition) is 3. The fourth-order valence-corrected chi connectivity index (χ4v) is 4.17. The van der Waals surface area contributed by atoms with Gasteiger partial charge < -0.3 is 20.3 Å². The van der Waals surface area contributed by atoms with Crippen molar-refractivity contribution in [3.8, 4) is 0 Å². The predicted octanol–water partition coefficient (Wildman–Crippen LogP) is 3.55. The van der Waals surface area contributed by atoms with Gasteiger partial charge in [0.2, 0.25) is 0 Å². The van der Waals surface area contributed by atoms with E-state index in [9.17, 15) is 24.8 Å². The number of aryl methyl sites for hydroxylation is 2. The summed E-state index contributed by atoms with van der Waals surface area (Å²) in [6.45, 7) is 3.86. The Kier molecular flexibility index (Phi) is 7.30. The number of nitro groups is 1. The molecule has 10 nitrogen and oxygen atoms in total. The molecule has 3 aromatic carbocycles. The molecule has 0 aliphatic carbocycles. The average Bonchev–Trinajstić information content (AvgIpc) is 2.88. The number of H-pyrrole nitrogens is 1. The molecular weight excluding hydrogens is 474 g/mol. The molecule has 37 heavy (non-hydrogen) atoms. The van der Waals surface area contributed by atoms with Gasteiger partial charge in [-0.1, -0.05) is 12.1 Å². The van der Waals surface area contributed by atoms with Crippen LogP contribution in [0.3, 0.4) is 0 Å². The zero-order valence-electron chi connectivity index (χ0n) is 20.7. The van der Waals surface area contributed by atoms with Gasteiger partial charge in [-0.15, -0.1) is 0 Å². The number of anilines is 1. The lowest BCUT2D eigenvalue weighted by Crippen LogP contribution is -2.30. The second kappa shape index (κ2) is 10.6. The fourth-order valence-electron chi connectivity index (χ4n) is 4.17. The van der Waals surface area contributed by atoms with E-state index in [1.807, 2.05) is 43.1 Å². The molecule has 1 unspecified atom stereocenters. The van der Waals surface area contributed by atoms with E-state index in [0.29, 0.717) is 34.4 Å². The van der Waals surface area contributed by atoms with Crippen molar-refractivity contribution in [1.82, 2.24) is 15.3 Å². The molecule has 10 heteroatoms. The van der Waals surface area contributed by atoms with Gasteiger partial charge in [-0.2, -0.15) is 0 Å². The quantitative estimate of drug-likeness (QED) is 0.248. The number of aliphatic hydroxyl groups is 1. The standard InChI is InChI=1S/C27H27N5O5/c1-16-11-24-23(27(35)29-17(2)28-24)13-20(16)14-31(3)21-9-7-18(8-10-21)26(34)30-25(15-33)19-5-4-6-22(12-19)32(36)37/h4-13,25,33H,14-15H2,1-3H3,(H,30,34)(H,28,29,35). The highest BCUT2D eigenvalue weighted by Gasteiger charge is 2.18. The third-order valence-corrected chi connectivity index (χ3v) is 6.23. The number of aliphatic hydroxyl groups excluding tert-OH is 1. The molecule has 0 saturated heterocycles. The van der Waals surface area contributed by atoms with Crippen LogP contribution in [0.1, 0.15) is 38.9 Å². The highest BCUT2D eigenvalue weighted by molar-refractivity contribution is 5.94. The summed E-state index contributed by atoms with van der Waals surface area (Å²) >= 11 is 0. The first-order chi connectivity index (χ1) is 17.7. The lowest BCUT2D eigenvalue weighted by Gasteiger charge is -2.21. The number of fused-ring (bicyclic) bond motifs is 1. The van der Waals surface area contributed by atoms with Gasteiger partial charge in [0, 0.05) is 37.0 Å². The number of rotatable bonds is 8. The van der Waals surface area contributed by atoms with E-state index in [-0.39, 0.29) is 11.2 Å². The van der Waals surface area contributed by atoms with E-state index < -0.39 is 23.5 Å². The van der Waals surface area contributed by atoms with Crippen molar-refractivity contribution < 1.29 is 14.8 Å². The maximum atomic E-state index is 12.8. The predicted molar refractivity (Wildman–Crippen MR) is 141 cm³/mol. The summed E-state index contributed by atoms with van der Waals surface area (Å²) in [6, 6.07) is 15.8. The van der Waals surface area contributed by atoms with Crippen LogP contribution in [0.25, 0.3) is 10.9 Å². The van der Waals surface area contributed by atoms with Gasteiger partial charge >= 0.3 is 0 Å². The first kappa shape index (κ1) is 25.5. The molecule has 0 spiro atoms. The minimum absolute atomic E-state index is 0.116. The number of aromatic nitrogens is 2. The van der Waals surface area contributed by atoms with Gasteiger partial charge in [-0.25, -0.2) is 4.98 Å². The summed E-state index contributed by atoms with van der Waals surface area (Å²) in [6.07, 6.45) is 0. The summed E-state index contributed by atoms with van der Waals surface area (Å²) in [5.41, 5.74) is 4.06. The number of benzene rings is 3. The van der Waals surface area contributed by atoms with E-state index in [0.717, 1.165) is 16.8 Å². The number of nitrogens with zero attached hydrogens (tertiary/aromatic N) is 3. The zero-order chi connectivity index (χ0) is 26.7. The Bertz CT molecular complexity index is 1530. The topological polar surface area (TPSA) is 141 Å². The Labute approximate surface area is 212 Å². The molecule has 1 aromatic heterocycles. The number of non-ortho nitro benzene ring substituents is 1. The van der Waals surface area contributed by atoms with Gasteiger partial charge in [0.25, 0.3) is 17.2 Å². The second-order valence-electron chi connectivity index (χ2n) is 8.91. The minimum atomic E-state index is -0.785. The van der Waals surface area contributed by atoms with Crippen molar-refractivity contribution in [2.75, 3.05) is 18.6 Å². The van der Waals surface area contributed by atoms with Gasteiger partial charge in [0.1, 0.15) is 5.82 Å². The van der Waals surface area contributed by atoms with Crippen LogP contribution in [-0.4, -0.2) is 39.6 Å². The number of amides is 1. The van der Waals surface area contributed by atoms with Crippen molar-refractivity contribution in [2.45, 2.75) is 26.4 Å². The molecule has 190 valence electrons. The molecule has 0 saturated carbocycles. The van der Waals surface area contributed by atoms with Gasteiger partial charge in [0.05, 0.1) is 28.5 Å². The highest BCUT2D eigenvalue weighted by atomic mass is 16.6. The second-order valence-corrected chi connectivity index (χ2v) is 8.91. The Balaban J connectivity index is 1.47. The zero-order valence-corrected chi connectivity index (χ0v) is 20.7. The van der Waals surface area contributed by atoms with E-state index in [4.69, 9.17) is 0 Å². The Morgan fingerprint density at radius 1 is 1.16 bits per heavy atom. The number of carbonyl (C=O) groups is 1. The van der Waals surface area contributed by atoms with Crippen molar-refractivity contribution in [1.29, 1.82) is 0 Å². The molecule has 3 N–H and O–H groups in total. The molecule has 0 bridgehead atoms. The summed E-state index contributed by atoms with van der Waals surface area (Å²) in [4.78, 5) is 44.8. The third-order valence-electron chi connectivity index (χ3n) is 6.23. The lowest BCUT2D eigenvalue weighted by molar-refractivity contribution is -0.384. The van der Waals surface area contributed by atoms with Crippen LogP contribution in [0.4, 0.5) is 11.4 Å². The van der Waals surface area contributed by atoms with Crippen LogP contribution in [0.2, 0.25) is 0 Å². The van der Waals surface area contributed by atoms with E-state index >= 15 is 0 Å². The van der Waals surface area contributed by atoms with E-state index in [1.165, 1.54) is 18.2 Å². The average molecular weight is 502 g/mol. The normalized spacial score (nSPS) is 11.8. The number of hydrogen-bond acceptors (Lipinski definition) is 7.